The number of cyclic esters (lactones) is 1. The van der Waals surface area contributed by atoms with Crippen molar-refractivity contribution in [3.63, 3.8) is 0 Å². The Hall–Kier alpha value is -1.16. The molecule has 0 fully saturated rings. The number of methoxy groups -OCH3 is 1. The number of rotatable bonds is 3. The number of esters is 1. The lowest BCUT2D eigenvalue weighted by atomic mass is 9.95. The molecule has 1 atom stereocenters. The van der Waals surface area contributed by atoms with Crippen molar-refractivity contribution in [3.05, 3.63) is 11.1 Å². The average Bonchev–Trinajstić information content (AvgIpc) is 2.23. The largest absolute Gasteiger partial charge is 0.449 e. The molecule has 0 radical (unpaired) electrons. The smallest absolute Gasteiger partial charge is 0.342 e. The first kappa shape index (κ1) is 10.9. The molecule has 0 aromatic carbocycles. The third-order valence-corrected chi connectivity index (χ3v) is 2.46. The Bertz CT molecular complexity index is 316. The Labute approximate surface area is 82.9 Å². The molecule has 0 spiro atoms. The van der Waals surface area contributed by atoms with Crippen molar-refractivity contribution in [3.8, 4) is 0 Å². The zero-order valence-electron chi connectivity index (χ0n) is 8.84. The maximum Gasteiger partial charge on any atom is 0.342 e. The summed E-state index contributed by atoms with van der Waals surface area (Å²) in [6.45, 7) is 5.08. The topological polar surface area (TPSA) is 52.6 Å². The zero-order valence-corrected chi connectivity index (χ0v) is 8.84. The van der Waals surface area contributed by atoms with Crippen LogP contribution in [0.2, 0.25) is 0 Å². The van der Waals surface area contributed by atoms with Gasteiger partial charge in [-0.1, -0.05) is 0 Å². The number of ether oxygens (including phenoxy) is 2. The second-order valence-electron chi connectivity index (χ2n) is 3.61. The van der Waals surface area contributed by atoms with Gasteiger partial charge in [0.2, 0.25) is 0 Å². The van der Waals surface area contributed by atoms with Crippen LogP contribution in [-0.4, -0.2) is 31.1 Å². The van der Waals surface area contributed by atoms with Gasteiger partial charge in [0.1, 0.15) is 5.57 Å². The second kappa shape index (κ2) is 3.53. The van der Waals surface area contributed by atoms with Crippen molar-refractivity contribution < 1.29 is 19.1 Å². The Kier molecular flexibility index (Phi) is 2.76. The van der Waals surface area contributed by atoms with Crippen LogP contribution in [0, 0.1) is 0 Å². The van der Waals surface area contributed by atoms with Crippen molar-refractivity contribution >= 4 is 11.8 Å². The van der Waals surface area contributed by atoms with Crippen molar-refractivity contribution in [2.75, 3.05) is 13.7 Å². The molecule has 1 heterocycles. The highest BCUT2D eigenvalue weighted by Gasteiger charge is 2.43. The second-order valence-corrected chi connectivity index (χ2v) is 3.61. The van der Waals surface area contributed by atoms with Gasteiger partial charge >= 0.3 is 5.97 Å². The molecule has 4 nitrogen and oxygen atoms in total. The van der Waals surface area contributed by atoms with Crippen LogP contribution in [0.1, 0.15) is 20.8 Å². The van der Waals surface area contributed by atoms with E-state index in [1.54, 1.807) is 13.8 Å². The number of carbonyl (C=O) groups is 2. The van der Waals surface area contributed by atoms with Crippen molar-refractivity contribution in [2.45, 2.75) is 26.4 Å². The van der Waals surface area contributed by atoms with Crippen LogP contribution in [0.5, 0.6) is 0 Å². The molecule has 0 aromatic heterocycles. The molecular weight excluding hydrogens is 184 g/mol. The van der Waals surface area contributed by atoms with Gasteiger partial charge in [-0.05, 0) is 26.3 Å². The quantitative estimate of drug-likeness (QED) is 0.498. The predicted octanol–water partition coefficient (Wildman–Crippen LogP) is 0.854. The summed E-state index contributed by atoms with van der Waals surface area (Å²) in [5.74, 6) is -0.804. The van der Waals surface area contributed by atoms with E-state index in [1.165, 1.54) is 14.0 Å². The Morgan fingerprint density at radius 3 is 2.50 bits per heavy atom. The van der Waals surface area contributed by atoms with Gasteiger partial charge in [-0.3, -0.25) is 4.79 Å². The summed E-state index contributed by atoms with van der Waals surface area (Å²) in [6.07, 6.45) is 0. The number of hydrogen-bond acceptors (Lipinski definition) is 4. The van der Waals surface area contributed by atoms with Gasteiger partial charge in [0.05, 0.1) is 6.61 Å². The molecule has 1 unspecified atom stereocenters. The molecule has 0 saturated carbocycles. The first-order valence-electron chi connectivity index (χ1n) is 4.37. The number of Topliss-reactive ketones (excluding diaryl/α,β-unsaturated/α-hetero) is 1. The highest BCUT2D eigenvalue weighted by Crippen LogP contribution is 2.32. The number of hydrogen-bond donors (Lipinski definition) is 0. The molecule has 0 amide bonds. The van der Waals surface area contributed by atoms with Gasteiger partial charge < -0.3 is 9.47 Å². The maximum absolute atomic E-state index is 11.4. The van der Waals surface area contributed by atoms with E-state index in [1.807, 2.05) is 0 Å². The number of ketones is 1. The molecule has 1 aliphatic heterocycles. The van der Waals surface area contributed by atoms with Crippen LogP contribution < -0.4 is 0 Å². The van der Waals surface area contributed by atoms with Crippen molar-refractivity contribution in [1.29, 1.82) is 0 Å². The van der Waals surface area contributed by atoms with E-state index in [-0.39, 0.29) is 18.0 Å². The van der Waals surface area contributed by atoms with Gasteiger partial charge in [0.15, 0.2) is 11.4 Å². The summed E-state index contributed by atoms with van der Waals surface area (Å²) in [5, 5.41) is 0. The predicted molar refractivity (Wildman–Crippen MR) is 49.8 cm³/mol. The van der Waals surface area contributed by atoms with E-state index in [2.05, 4.69) is 0 Å². The maximum atomic E-state index is 11.4. The fraction of sp³-hybridized carbons (Fsp3) is 0.600. The SMILES string of the molecule is COCC1(C)OC(=O)C(C(C)=O)=C1C. The third-order valence-electron chi connectivity index (χ3n) is 2.46. The molecule has 0 aromatic rings. The van der Waals surface area contributed by atoms with Crippen LogP contribution >= 0.6 is 0 Å². The lowest BCUT2D eigenvalue weighted by Crippen LogP contribution is -2.32. The normalized spacial score (nSPS) is 26.7. The van der Waals surface area contributed by atoms with Gasteiger partial charge in [-0.25, -0.2) is 4.79 Å². The van der Waals surface area contributed by atoms with E-state index in [9.17, 15) is 9.59 Å². The monoisotopic (exact) mass is 198 g/mol. The van der Waals surface area contributed by atoms with Gasteiger partial charge in [-0.15, -0.1) is 0 Å². The Morgan fingerprint density at radius 2 is 2.14 bits per heavy atom. The molecular formula is C10H14O4. The minimum absolute atomic E-state index is 0.157. The fourth-order valence-corrected chi connectivity index (χ4v) is 1.57. The summed E-state index contributed by atoms with van der Waals surface area (Å²) in [5.41, 5.74) is 0.0220. The van der Waals surface area contributed by atoms with Crippen molar-refractivity contribution in [1.82, 2.24) is 0 Å². The summed E-state index contributed by atoms with van der Waals surface area (Å²) < 4.78 is 10.1. The Balaban J connectivity index is 3.09. The van der Waals surface area contributed by atoms with Crippen molar-refractivity contribution in [2.24, 2.45) is 0 Å². The molecule has 0 saturated heterocycles. The standard InChI is InChI=1S/C10H14O4/c1-6-8(7(2)11)9(12)14-10(6,3)5-13-4/h5H2,1-4H3. The van der Waals surface area contributed by atoms with Crippen LogP contribution in [0.4, 0.5) is 0 Å². The molecule has 0 bridgehead atoms. The van der Waals surface area contributed by atoms with E-state index >= 15 is 0 Å². The van der Waals surface area contributed by atoms with Gasteiger partial charge in [0.25, 0.3) is 0 Å². The first-order chi connectivity index (χ1) is 6.42. The lowest BCUT2D eigenvalue weighted by Gasteiger charge is -2.23. The molecule has 78 valence electrons. The molecule has 1 rings (SSSR count). The van der Waals surface area contributed by atoms with Crippen LogP contribution in [0.3, 0.4) is 0 Å². The zero-order chi connectivity index (χ0) is 10.9. The Morgan fingerprint density at radius 1 is 1.57 bits per heavy atom. The summed E-state index contributed by atoms with van der Waals surface area (Å²) >= 11 is 0. The van der Waals surface area contributed by atoms with Gasteiger partial charge in [0, 0.05) is 7.11 Å². The summed E-state index contributed by atoms with van der Waals surface area (Å²) in [4.78, 5) is 22.5. The van der Waals surface area contributed by atoms with E-state index in [0.29, 0.717) is 5.57 Å². The number of carbonyl (C=O) groups excluding carboxylic acids is 2. The molecule has 14 heavy (non-hydrogen) atoms. The lowest BCUT2D eigenvalue weighted by molar-refractivity contribution is -0.149. The highest BCUT2D eigenvalue weighted by atomic mass is 16.6. The summed E-state index contributed by atoms with van der Waals surface area (Å²) in [7, 11) is 1.53. The fourth-order valence-electron chi connectivity index (χ4n) is 1.57. The van der Waals surface area contributed by atoms with Gasteiger partial charge in [-0.2, -0.15) is 0 Å². The minimum atomic E-state index is -0.785. The molecule has 0 aliphatic carbocycles. The van der Waals surface area contributed by atoms with E-state index < -0.39 is 11.6 Å². The van der Waals surface area contributed by atoms with Crippen LogP contribution in [0.15, 0.2) is 11.1 Å². The molecule has 1 aliphatic rings. The molecule has 0 N–H and O–H groups in total. The van der Waals surface area contributed by atoms with E-state index in [4.69, 9.17) is 9.47 Å². The summed E-state index contributed by atoms with van der Waals surface area (Å²) in [6, 6.07) is 0. The van der Waals surface area contributed by atoms with Crippen LogP contribution in [0.25, 0.3) is 0 Å². The third kappa shape index (κ3) is 1.57. The highest BCUT2D eigenvalue weighted by molar-refractivity contribution is 6.18. The van der Waals surface area contributed by atoms with E-state index in [0.717, 1.165) is 0 Å². The molecule has 4 heteroatoms. The minimum Gasteiger partial charge on any atom is -0.449 e. The van der Waals surface area contributed by atoms with Crippen LogP contribution in [-0.2, 0) is 19.1 Å². The average molecular weight is 198 g/mol. The first-order valence-corrected chi connectivity index (χ1v) is 4.37.